The van der Waals surface area contributed by atoms with Crippen molar-refractivity contribution in [2.75, 3.05) is 0 Å². The second-order valence-electron chi connectivity index (χ2n) is 4.05. The summed E-state index contributed by atoms with van der Waals surface area (Å²) in [6.07, 6.45) is 3.30. The summed E-state index contributed by atoms with van der Waals surface area (Å²) in [5, 5.41) is 0.687. The van der Waals surface area contributed by atoms with E-state index in [0.717, 1.165) is 16.7 Å². The number of carbonyl (C=O) groups excluding carboxylic acids is 1. The second-order valence-corrected chi connectivity index (χ2v) is 4.46. The van der Waals surface area contributed by atoms with Gasteiger partial charge in [-0.05, 0) is 30.2 Å². The lowest BCUT2D eigenvalue weighted by molar-refractivity contribution is -0.112. The summed E-state index contributed by atoms with van der Waals surface area (Å²) in [5.41, 5.74) is 3.01. The predicted molar refractivity (Wildman–Crippen MR) is 76.6 cm³/mol. The number of ketones is 1. The van der Waals surface area contributed by atoms with E-state index >= 15 is 0 Å². The third-order valence-electron chi connectivity index (χ3n) is 2.59. The summed E-state index contributed by atoms with van der Waals surface area (Å²) in [6.45, 7) is 1.52. The molecule has 0 aliphatic rings. The topological polar surface area (TPSA) is 17.1 Å². The first-order chi connectivity index (χ1) is 8.66. The van der Waals surface area contributed by atoms with Crippen LogP contribution in [0, 0.1) is 0 Å². The van der Waals surface area contributed by atoms with Crippen molar-refractivity contribution < 1.29 is 4.79 Å². The quantitative estimate of drug-likeness (QED) is 0.733. The van der Waals surface area contributed by atoms with Crippen LogP contribution in [0.1, 0.15) is 12.5 Å². The number of hydrogen-bond donors (Lipinski definition) is 0. The minimum atomic E-state index is 0.0262. The van der Waals surface area contributed by atoms with E-state index in [1.807, 2.05) is 48.5 Å². The third kappa shape index (κ3) is 3.08. The fraction of sp³-hybridized carbons (Fsp3) is 0.0625. The minimum Gasteiger partial charge on any atom is -0.295 e. The fourth-order valence-corrected chi connectivity index (χ4v) is 2.00. The lowest BCUT2D eigenvalue weighted by Gasteiger charge is -2.05. The molecule has 0 bridgehead atoms. The van der Waals surface area contributed by atoms with Crippen molar-refractivity contribution in [3.8, 4) is 11.1 Å². The number of benzene rings is 2. The lowest BCUT2D eigenvalue weighted by Crippen LogP contribution is -1.83. The first-order valence-corrected chi connectivity index (χ1v) is 6.08. The molecule has 2 heteroatoms. The van der Waals surface area contributed by atoms with E-state index in [2.05, 4.69) is 0 Å². The Morgan fingerprint density at radius 2 is 1.83 bits per heavy atom. The minimum absolute atomic E-state index is 0.0262. The van der Waals surface area contributed by atoms with Crippen molar-refractivity contribution in [2.45, 2.75) is 6.92 Å². The van der Waals surface area contributed by atoms with Gasteiger partial charge in [0.2, 0.25) is 0 Å². The van der Waals surface area contributed by atoms with Gasteiger partial charge < -0.3 is 0 Å². The molecule has 0 aromatic heterocycles. The Bertz CT molecular complexity index is 585. The Balaban J connectivity index is 2.34. The molecule has 0 atom stereocenters. The van der Waals surface area contributed by atoms with Crippen molar-refractivity contribution in [1.82, 2.24) is 0 Å². The maximum atomic E-state index is 10.9. The van der Waals surface area contributed by atoms with Crippen LogP contribution in [-0.4, -0.2) is 5.78 Å². The molecule has 0 saturated carbocycles. The number of allylic oxidation sites excluding steroid dienone is 1. The van der Waals surface area contributed by atoms with Crippen LogP contribution in [0.4, 0.5) is 0 Å². The van der Waals surface area contributed by atoms with Crippen molar-refractivity contribution >= 4 is 23.5 Å². The van der Waals surface area contributed by atoms with Gasteiger partial charge in [-0.25, -0.2) is 0 Å². The molecule has 0 fully saturated rings. The highest BCUT2D eigenvalue weighted by Crippen LogP contribution is 2.28. The van der Waals surface area contributed by atoms with Crippen molar-refractivity contribution in [1.29, 1.82) is 0 Å². The summed E-state index contributed by atoms with van der Waals surface area (Å²) < 4.78 is 0. The molecule has 0 heterocycles. The zero-order valence-corrected chi connectivity index (χ0v) is 10.8. The molecule has 0 saturated heterocycles. The number of carbonyl (C=O) groups is 1. The zero-order valence-electron chi connectivity index (χ0n) is 10.1. The second kappa shape index (κ2) is 5.65. The van der Waals surface area contributed by atoms with Gasteiger partial charge in [0.05, 0.1) is 0 Å². The first-order valence-electron chi connectivity index (χ1n) is 5.70. The van der Waals surface area contributed by atoms with Gasteiger partial charge in [0.25, 0.3) is 0 Å². The average molecular weight is 257 g/mol. The van der Waals surface area contributed by atoms with E-state index < -0.39 is 0 Å². The molecule has 0 aliphatic heterocycles. The van der Waals surface area contributed by atoms with Gasteiger partial charge in [-0.1, -0.05) is 60.1 Å². The molecule has 2 aromatic carbocycles. The summed E-state index contributed by atoms with van der Waals surface area (Å²) in [6, 6.07) is 15.8. The van der Waals surface area contributed by atoms with E-state index in [1.54, 1.807) is 6.08 Å². The Hall–Kier alpha value is -1.86. The van der Waals surface area contributed by atoms with E-state index in [-0.39, 0.29) is 5.78 Å². The van der Waals surface area contributed by atoms with Gasteiger partial charge in [-0.2, -0.15) is 0 Å². The Labute approximate surface area is 112 Å². The Kier molecular flexibility index (Phi) is 3.96. The van der Waals surface area contributed by atoms with Crippen LogP contribution >= 0.6 is 11.6 Å². The van der Waals surface area contributed by atoms with Gasteiger partial charge in [0.1, 0.15) is 0 Å². The van der Waals surface area contributed by atoms with Crippen molar-refractivity contribution in [3.63, 3.8) is 0 Å². The SMILES string of the molecule is CC(=O)/C=C/c1ccc(-c2ccccc2)c(Cl)c1. The normalized spacial score (nSPS) is 10.8. The molecular weight excluding hydrogens is 244 g/mol. The average Bonchev–Trinajstić information content (AvgIpc) is 2.37. The molecule has 0 radical (unpaired) electrons. The lowest BCUT2D eigenvalue weighted by atomic mass is 10.0. The molecule has 0 spiro atoms. The molecule has 2 rings (SSSR count). The highest BCUT2D eigenvalue weighted by molar-refractivity contribution is 6.33. The van der Waals surface area contributed by atoms with E-state index in [0.29, 0.717) is 5.02 Å². The summed E-state index contributed by atoms with van der Waals surface area (Å²) in [4.78, 5) is 10.9. The van der Waals surface area contributed by atoms with E-state index in [1.165, 1.54) is 13.0 Å². The van der Waals surface area contributed by atoms with E-state index in [4.69, 9.17) is 11.6 Å². The summed E-state index contributed by atoms with van der Waals surface area (Å²) in [5.74, 6) is 0.0262. The van der Waals surface area contributed by atoms with Crippen LogP contribution in [-0.2, 0) is 4.79 Å². The van der Waals surface area contributed by atoms with Gasteiger partial charge in [-0.15, -0.1) is 0 Å². The predicted octanol–water partition coefficient (Wildman–Crippen LogP) is 4.61. The molecule has 90 valence electrons. The molecular formula is C16H13ClO. The standard InChI is InChI=1S/C16H13ClO/c1-12(18)7-8-13-9-10-15(16(17)11-13)14-5-3-2-4-6-14/h2-11H,1H3/b8-7+. The third-order valence-corrected chi connectivity index (χ3v) is 2.90. The van der Waals surface area contributed by atoms with Gasteiger partial charge in [0.15, 0.2) is 5.78 Å². The van der Waals surface area contributed by atoms with Crippen LogP contribution in [0.25, 0.3) is 17.2 Å². The van der Waals surface area contributed by atoms with Gasteiger partial charge in [-0.3, -0.25) is 4.79 Å². The summed E-state index contributed by atoms with van der Waals surface area (Å²) >= 11 is 6.26. The number of halogens is 1. The smallest absolute Gasteiger partial charge is 0.152 e. The molecule has 0 amide bonds. The maximum Gasteiger partial charge on any atom is 0.152 e. The Morgan fingerprint density at radius 1 is 1.11 bits per heavy atom. The monoisotopic (exact) mass is 256 g/mol. The van der Waals surface area contributed by atoms with Gasteiger partial charge >= 0.3 is 0 Å². The fourth-order valence-electron chi connectivity index (χ4n) is 1.70. The molecule has 2 aromatic rings. The van der Waals surface area contributed by atoms with Crippen molar-refractivity contribution in [3.05, 3.63) is 65.2 Å². The zero-order chi connectivity index (χ0) is 13.0. The van der Waals surface area contributed by atoms with Crippen LogP contribution in [0.15, 0.2) is 54.6 Å². The van der Waals surface area contributed by atoms with Crippen LogP contribution in [0.5, 0.6) is 0 Å². The van der Waals surface area contributed by atoms with E-state index in [9.17, 15) is 4.79 Å². The van der Waals surface area contributed by atoms with Crippen LogP contribution in [0.2, 0.25) is 5.02 Å². The van der Waals surface area contributed by atoms with Crippen LogP contribution in [0.3, 0.4) is 0 Å². The molecule has 1 nitrogen and oxygen atoms in total. The van der Waals surface area contributed by atoms with Crippen molar-refractivity contribution in [2.24, 2.45) is 0 Å². The first kappa shape index (κ1) is 12.6. The number of rotatable bonds is 3. The molecule has 0 aliphatic carbocycles. The van der Waals surface area contributed by atoms with Gasteiger partial charge in [0, 0.05) is 10.6 Å². The Morgan fingerprint density at radius 3 is 2.44 bits per heavy atom. The summed E-state index contributed by atoms with van der Waals surface area (Å²) in [7, 11) is 0. The number of hydrogen-bond acceptors (Lipinski definition) is 1. The highest BCUT2D eigenvalue weighted by atomic mass is 35.5. The molecule has 18 heavy (non-hydrogen) atoms. The largest absolute Gasteiger partial charge is 0.295 e. The molecule has 0 unspecified atom stereocenters. The van der Waals surface area contributed by atoms with Crippen LogP contribution < -0.4 is 0 Å². The highest BCUT2D eigenvalue weighted by Gasteiger charge is 2.02. The maximum absolute atomic E-state index is 10.9. The molecule has 0 N–H and O–H groups in total.